The predicted octanol–water partition coefficient (Wildman–Crippen LogP) is -0.000900. The average molecular weight is 278 g/mol. The Kier molecular flexibility index (Phi) is 5.18. The zero-order valence-electron chi connectivity index (χ0n) is 11.1. The number of hydrogen-bond acceptors (Lipinski definition) is 8. The number of nitrogens with zero attached hydrogens (tertiary/aromatic N) is 6. The molecule has 9 heteroatoms. The van der Waals surface area contributed by atoms with Crippen LogP contribution in [0.2, 0.25) is 0 Å². The topological polar surface area (TPSA) is 128 Å². The maximum Gasteiger partial charge on any atom is 0.258 e. The number of aliphatic hydroxyl groups is 1. The van der Waals surface area contributed by atoms with Crippen molar-refractivity contribution < 1.29 is 5.11 Å². The second kappa shape index (κ2) is 7.34. The summed E-state index contributed by atoms with van der Waals surface area (Å²) in [6.45, 7) is 0.990. The van der Waals surface area contributed by atoms with Crippen LogP contribution in [0.15, 0.2) is 12.7 Å². The lowest BCUT2D eigenvalue weighted by Gasteiger charge is -2.06. The molecule has 0 aromatic carbocycles. The fraction of sp³-hybridized carbons (Fsp3) is 0.545. The molecule has 2 heterocycles. The summed E-state index contributed by atoms with van der Waals surface area (Å²) in [5, 5.41) is 15.7. The molecule has 2 rings (SSSR count). The third-order valence-corrected chi connectivity index (χ3v) is 2.63. The molecule has 0 atom stereocenters. The first-order valence-corrected chi connectivity index (χ1v) is 6.51. The smallest absolute Gasteiger partial charge is 0.258 e. The Morgan fingerprint density at radius 3 is 2.75 bits per heavy atom. The van der Waals surface area contributed by atoms with Gasteiger partial charge in [-0.2, -0.15) is 24.7 Å². The van der Waals surface area contributed by atoms with Crippen molar-refractivity contribution in [1.29, 1.82) is 0 Å². The summed E-state index contributed by atoms with van der Waals surface area (Å²) in [6, 6.07) is 0. The van der Waals surface area contributed by atoms with Crippen molar-refractivity contribution >= 4 is 11.9 Å². The van der Waals surface area contributed by atoms with Crippen LogP contribution in [0.4, 0.5) is 11.9 Å². The van der Waals surface area contributed by atoms with E-state index in [1.165, 1.54) is 17.3 Å². The Bertz CT molecular complexity index is 515. The second-order valence-corrected chi connectivity index (χ2v) is 4.22. The standard InChI is InChI=1S/C11H18N8O/c12-9-16-10(14-5-3-1-2-4-6-20)18-11(17-9)19-8-13-7-15-19/h7-8,20H,1-6H2,(H3,12,14,16,17,18). The van der Waals surface area contributed by atoms with Crippen molar-refractivity contribution in [2.24, 2.45) is 0 Å². The molecule has 0 aliphatic rings. The van der Waals surface area contributed by atoms with Crippen LogP contribution in [0.1, 0.15) is 25.7 Å². The van der Waals surface area contributed by atoms with E-state index in [0.29, 0.717) is 11.9 Å². The largest absolute Gasteiger partial charge is 0.396 e. The summed E-state index contributed by atoms with van der Waals surface area (Å²) in [7, 11) is 0. The Hall–Kier alpha value is -2.29. The van der Waals surface area contributed by atoms with E-state index >= 15 is 0 Å². The minimum absolute atomic E-state index is 0.133. The highest BCUT2D eigenvalue weighted by molar-refractivity contribution is 5.34. The van der Waals surface area contributed by atoms with Gasteiger partial charge in [-0.25, -0.2) is 4.98 Å². The van der Waals surface area contributed by atoms with E-state index in [-0.39, 0.29) is 12.6 Å². The van der Waals surface area contributed by atoms with Gasteiger partial charge in [-0.05, 0) is 12.8 Å². The van der Waals surface area contributed by atoms with Crippen LogP contribution >= 0.6 is 0 Å². The van der Waals surface area contributed by atoms with Crippen molar-refractivity contribution in [3.63, 3.8) is 0 Å². The van der Waals surface area contributed by atoms with E-state index in [4.69, 9.17) is 10.8 Å². The molecule has 2 aromatic heterocycles. The number of hydrogen-bond donors (Lipinski definition) is 3. The Labute approximate surface area is 116 Å². The minimum Gasteiger partial charge on any atom is -0.396 e. The van der Waals surface area contributed by atoms with Gasteiger partial charge in [0.25, 0.3) is 5.95 Å². The maximum atomic E-state index is 8.68. The quantitative estimate of drug-likeness (QED) is 0.576. The molecule has 0 aliphatic carbocycles. The number of aliphatic hydroxyl groups excluding tert-OH is 1. The van der Waals surface area contributed by atoms with E-state index in [1.807, 2.05) is 0 Å². The van der Waals surface area contributed by atoms with E-state index in [9.17, 15) is 0 Å². The van der Waals surface area contributed by atoms with Crippen molar-refractivity contribution in [1.82, 2.24) is 29.7 Å². The average Bonchev–Trinajstić information content (AvgIpc) is 2.96. The third kappa shape index (κ3) is 4.12. The number of unbranched alkanes of at least 4 members (excludes halogenated alkanes) is 3. The van der Waals surface area contributed by atoms with Crippen LogP contribution in [-0.2, 0) is 0 Å². The van der Waals surface area contributed by atoms with Crippen molar-refractivity contribution in [2.45, 2.75) is 25.7 Å². The number of anilines is 2. The van der Waals surface area contributed by atoms with Crippen LogP contribution in [-0.4, -0.2) is 48.0 Å². The monoisotopic (exact) mass is 278 g/mol. The molecule has 0 amide bonds. The van der Waals surface area contributed by atoms with Gasteiger partial charge in [-0.15, -0.1) is 0 Å². The number of aromatic nitrogens is 6. The molecule has 0 aliphatic heterocycles. The molecule has 20 heavy (non-hydrogen) atoms. The Balaban J connectivity index is 1.88. The van der Waals surface area contributed by atoms with Crippen LogP contribution in [0.3, 0.4) is 0 Å². The van der Waals surface area contributed by atoms with Crippen LogP contribution < -0.4 is 11.1 Å². The molecular formula is C11H18N8O. The van der Waals surface area contributed by atoms with Gasteiger partial charge in [0.15, 0.2) is 0 Å². The van der Waals surface area contributed by atoms with E-state index < -0.39 is 0 Å². The summed E-state index contributed by atoms with van der Waals surface area (Å²) >= 11 is 0. The molecule has 108 valence electrons. The summed E-state index contributed by atoms with van der Waals surface area (Å²) < 4.78 is 1.42. The van der Waals surface area contributed by atoms with Gasteiger partial charge < -0.3 is 16.2 Å². The van der Waals surface area contributed by atoms with Crippen LogP contribution in [0.25, 0.3) is 5.95 Å². The van der Waals surface area contributed by atoms with Gasteiger partial charge in [0.2, 0.25) is 11.9 Å². The van der Waals surface area contributed by atoms with Gasteiger partial charge in [0.05, 0.1) is 0 Å². The summed E-state index contributed by atoms with van der Waals surface area (Å²) in [6.07, 6.45) is 6.77. The summed E-state index contributed by atoms with van der Waals surface area (Å²) in [5.74, 6) is 0.885. The highest BCUT2D eigenvalue weighted by Gasteiger charge is 2.06. The van der Waals surface area contributed by atoms with Crippen molar-refractivity contribution in [2.75, 3.05) is 24.2 Å². The third-order valence-electron chi connectivity index (χ3n) is 2.63. The highest BCUT2D eigenvalue weighted by atomic mass is 16.2. The fourth-order valence-electron chi connectivity index (χ4n) is 1.66. The molecule has 0 bridgehead atoms. The molecule has 4 N–H and O–H groups in total. The van der Waals surface area contributed by atoms with Gasteiger partial charge in [-0.1, -0.05) is 12.8 Å². The number of nitrogens with one attached hydrogen (secondary N) is 1. The first kappa shape index (κ1) is 14.1. The highest BCUT2D eigenvalue weighted by Crippen LogP contribution is 2.06. The van der Waals surface area contributed by atoms with E-state index in [2.05, 4.69) is 30.4 Å². The zero-order valence-corrected chi connectivity index (χ0v) is 11.1. The molecule has 0 unspecified atom stereocenters. The van der Waals surface area contributed by atoms with E-state index in [0.717, 1.165) is 32.2 Å². The molecular weight excluding hydrogens is 260 g/mol. The minimum atomic E-state index is 0.133. The maximum absolute atomic E-state index is 8.68. The molecule has 0 saturated carbocycles. The zero-order chi connectivity index (χ0) is 14.2. The first-order valence-electron chi connectivity index (χ1n) is 6.51. The molecule has 2 aromatic rings. The number of rotatable bonds is 8. The van der Waals surface area contributed by atoms with Crippen LogP contribution in [0, 0.1) is 0 Å². The lowest BCUT2D eigenvalue weighted by molar-refractivity contribution is 0.283. The summed E-state index contributed by atoms with van der Waals surface area (Å²) in [5.41, 5.74) is 5.64. The molecule has 0 fully saturated rings. The van der Waals surface area contributed by atoms with E-state index in [1.54, 1.807) is 0 Å². The van der Waals surface area contributed by atoms with Gasteiger partial charge in [-0.3, -0.25) is 0 Å². The van der Waals surface area contributed by atoms with Crippen molar-refractivity contribution in [3.8, 4) is 5.95 Å². The lowest BCUT2D eigenvalue weighted by atomic mass is 10.2. The number of nitrogen functional groups attached to an aromatic ring is 1. The predicted molar refractivity (Wildman–Crippen MR) is 73.2 cm³/mol. The van der Waals surface area contributed by atoms with Gasteiger partial charge in [0.1, 0.15) is 12.7 Å². The second-order valence-electron chi connectivity index (χ2n) is 4.22. The van der Waals surface area contributed by atoms with Crippen LogP contribution in [0.5, 0.6) is 0 Å². The molecule has 0 spiro atoms. The lowest BCUT2D eigenvalue weighted by Crippen LogP contribution is -2.12. The first-order chi connectivity index (χ1) is 9.79. The van der Waals surface area contributed by atoms with Gasteiger partial charge in [0, 0.05) is 13.2 Å². The molecule has 0 saturated heterocycles. The Morgan fingerprint density at radius 1 is 1.15 bits per heavy atom. The van der Waals surface area contributed by atoms with Gasteiger partial charge >= 0.3 is 0 Å². The SMILES string of the molecule is Nc1nc(NCCCCCCO)nc(-n2cncn2)n1. The number of nitrogens with two attached hydrogens (primary N) is 1. The molecule has 9 nitrogen and oxygen atoms in total. The summed E-state index contributed by atoms with van der Waals surface area (Å²) in [4.78, 5) is 16.1. The fourth-order valence-corrected chi connectivity index (χ4v) is 1.66. The molecule has 0 radical (unpaired) electrons. The Morgan fingerprint density at radius 2 is 2.00 bits per heavy atom. The van der Waals surface area contributed by atoms with Crippen molar-refractivity contribution in [3.05, 3.63) is 12.7 Å². The normalized spacial score (nSPS) is 10.7.